The fourth-order valence-electron chi connectivity index (χ4n) is 0.364. The molecule has 1 aromatic heterocycles. The van der Waals surface area contributed by atoms with E-state index in [1.807, 2.05) is 0 Å². The summed E-state index contributed by atoms with van der Waals surface area (Å²) in [5.74, 6) is 0. The summed E-state index contributed by atoms with van der Waals surface area (Å²) in [5, 5.41) is 2.72. The molecule has 0 aliphatic heterocycles. The summed E-state index contributed by atoms with van der Waals surface area (Å²) in [6.07, 6.45) is 1.50. The number of hydrogen-bond donors (Lipinski definition) is 1. The van der Waals surface area contributed by atoms with Gasteiger partial charge >= 0.3 is 0 Å². The zero-order valence-electron chi connectivity index (χ0n) is 3.97. The summed E-state index contributed by atoms with van der Waals surface area (Å²) in [7, 11) is 0. The highest BCUT2D eigenvalue weighted by Crippen LogP contribution is 1.86. The van der Waals surface area contributed by atoms with Gasteiger partial charge in [0.1, 0.15) is 12.3 Å². The minimum Gasteiger partial charge on any atom is -0.285 e. The molecule has 44 valence electrons. The average Bonchev–Trinajstić information content (AvgIpc) is 2.14. The number of halogens is 1. The third-order valence-corrected chi connectivity index (χ3v) is 1.30. The van der Waals surface area contributed by atoms with E-state index in [2.05, 4.69) is 10.1 Å². The van der Waals surface area contributed by atoms with Crippen LogP contribution < -0.4 is 0 Å². The number of hydrogen-bond acceptors (Lipinski definition) is 2. The van der Waals surface area contributed by atoms with Crippen molar-refractivity contribution in [2.24, 2.45) is 0 Å². The third-order valence-electron chi connectivity index (χ3n) is 0.739. The van der Waals surface area contributed by atoms with Gasteiger partial charge in [-0.05, 0) is 12.2 Å². The van der Waals surface area contributed by atoms with Crippen molar-refractivity contribution in [1.82, 2.24) is 14.8 Å². The van der Waals surface area contributed by atoms with Crippen molar-refractivity contribution in [3.8, 4) is 0 Å². The summed E-state index contributed by atoms with van der Waals surface area (Å²) < 4.78 is 2.04. The highest BCUT2D eigenvalue weighted by Gasteiger charge is 1.85. The minimum atomic E-state index is 0.332. The Morgan fingerprint density at radius 1 is 2.00 bits per heavy atom. The number of H-pyrrole nitrogens is 1. The highest BCUT2D eigenvalue weighted by atomic mass is 35.5. The standard InChI is InChI=1S/C3H4ClN3S/c4-1-7-3(8)5-2-6-7/h2H,1H2,(H,5,6,8). The SMILES string of the molecule is S=c1nc[nH]n1CCl. The zero-order valence-corrected chi connectivity index (χ0v) is 5.54. The van der Waals surface area contributed by atoms with E-state index in [9.17, 15) is 0 Å². The number of alkyl halides is 1. The van der Waals surface area contributed by atoms with Crippen LogP contribution in [0.15, 0.2) is 6.33 Å². The number of rotatable bonds is 1. The largest absolute Gasteiger partial charge is 0.285 e. The van der Waals surface area contributed by atoms with Crippen LogP contribution in [0, 0.1) is 4.77 Å². The molecule has 0 spiro atoms. The van der Waals surface area contributed by atoms with Gasteiger partial charge in [0, 0.05) is 0 Å². The maximum Gasteiger partial charge on any atom is 0.216 e. The fourth-order valence-corrected chi connectivity index (χ4v) is 0.787. The fraction of sp³-hybridized carbons (Fsp3) is 0.333. The molecule has 1 aromatic rings. The van der Waals surface area contributed by atoms with Crippen LogP contribution in [0.1, 0.15) is 0 Å². The van der Waals surface area contributed by atoms with Gasteiger partial charge in [-0.1, -0.05) is 0 Å². The molecule has 0 saturated heterocycles. The molecule has 0 fully saturated rings. The zero-order chi connectivity index (χ0) is 5.98. The number of nitrogens with zero attached hydrogens (tertiary/aromatic N) is 2. The van der Waals surface area contributed by atoms with Crippen molar-refractivity contribution >= 4 is 23.8 Å². The molecule has 0 unspecified atom stereocenters. The molecule has 1 rings (SSSR count). The highest BCUT2D eigenvalue weighted by molar-refractivity contribution is 7.71. The molecule has 0 aromatic carbocycles. The van der Waals surface area contributed by atoms with Crippen LogP contribution in [-0.2, 0) is 6.00 Å². The van der Waals surface area contributed by atoms with Crippen molar-refractivity contribution in [2.45, 2.75) is 6.00 Å². The van der Waals surface area contributed by atoms with Gasteiger partial charge in [0.2, 0.25) is 4.77 Å². The predicted octanol–water partition coefficient (Wildman–Crippen LogP) is 1.14. The lowest BCUT2D eigenvalue weighted by molar-refractivity contribution is 0.731. The first-order chi connectivity index (χ1) is 3.84. The first-order valence-corrected chi connectivity index (χ1v) is 2.95. The molecule has 5 heteroatoms. The van der Waals surface area contributed by atoms with Crippen LogP contribution in [0.3, 0.4) is 0 Å². The molecular weight excluding hydrogens is 146 g/mol. The van der Waals surface area contributed by atoms with Gasteiger partial charge in [0.15, 0.2) is 0 Å². The Labute approximate surface area is 56.3 Å². The Hall–Kier alpha value is -0.350. The summed E-state index contributed by atoms with van der Waals surface area (Å²) in [5.41, 5.74) is 0. The predicted molar refractivity (Wildman–Crippen MR) is 33.3 cm³/mol. The molecule has 8 heavy (non-hydrogen) atoms. The van der Waals surface area contributed by atoms with E-state index in [0.29, 0.717) is 10.8 Å². The van der Waals surface area contributed by atoms with Gasteiger partial charge in [-0.15, -0.1) is 11.6 Å². The van der Waals surface area contributed by atoms with Crippen molar-refractivity contribution in [3.05, 3.63) is 11.1 Å². The lowest BCUT2D eigenvalue weighted by Crippen LogP contribution is -1.92. The molecule has 1 N–H and O–H groups in total. The van der Waals surface area contributed by atoms with E-state index in [1.54, 1.807) is 4.68 Å². The van der Waals surface area contributed by atoms with Gasteiger partial charge in [-0.25, -0.2) is 9.67 Å². The Balaban J connectivity index is 3.11. The lowest BCUT2D eigenvalue weighted by atomic mass is 11.2. The maximum atomic E-state index is 5.40. The van der Waals surface area contributed by atoms with Crippen LogP contribution >= 0.6 is 23.8 Å². The smallest absolute Gasteiger partial charge is 0.216 e. The van der Waals surface area contributed by atoms with E-state index >= 15 is 0 Å². The summed E-state index contributed by atoms with van der Waals surface area (Å²) >= 11 is 10.1. The van der Waals surface area contributed by atoms with Crippen molar-refractivity contribution < 1.29 is 0 Å². The molecule has 0 aliphatic carbocycles. The third kappa shape index (κ3) is 0.900. The Kier molecular flexibility index (Phi) is 1.65. The van der Waals surface area contributed by atoms with E-state index < -0.39 is 0 Å². The number of aromatic amines is 1. The van der Waals surface area contributed by atoms with E-state index in [-0.39, 0.29) is 0 Å². The lowest BCUT2D eigenvalue weighted by Gasteiger charge is -1.87. The van der Waals surface area contributed by atoms with Crippen LogP contribution in [0.25, 0.3) is 0 Å². The molecule has 0 amide bonds. The van der Waals surface area contributed by atoms with Gasteiger partial charge in [0.25, 0.3) is 0 Å². The second kappa shape index (κ2) is 2.28. The van der Waals surface area contributed by atoms with E-state index in [4.69, 9.17) is 23.8 Å². The number of aromatic nitrogens is 3. The Morgan fingerprint density at radius 2 is 2.75 bits per heavy atom. The molecule has 3 nitrogen and oxygen atoms in total. The van der Waals surface area contributed by atoms with Gasteiger partial charge in [-0.2, -0.15) is 0 Å². The van der Waals surface area contributed by atoms with Crippen LogP contribution in [0.4, 0.5) is 0 Å². The topological polar surface area (TPSA) is 33.6 Å². The van der Waals surface area contributed by atoms with Gasteiger partial charge < -0.3 is 0 Å². The van der Waals surface area contributed by atoms with Crippen LogP contribution in [-0.4, -0.2) is 14.8 Å². The maximum absolute atomic E-state index is 5.40. The monoisotopic (exact) mass is 149 g/mol. The first kappa shape index (κ1) is 5.78. The Morgan fingerprint density at radius 3 is 3.00 bits per heavy atom. The summed E-state index contributed by atoms with van der Waals surface area (Å²) in [6, 6.07) is 0.332. The minimum absolute atomic E-state index is 0.332. The summed E-state index contributed by atoms with van der Waals surface area (Å²) in [6.45, 7) is 0. The second-order valence-electron chi connectivity index (χ2n) is 1.22. The molecule has 0 atom stereocenters. The van der Waals surface area contributed by atoms with Crippen molar-refractivity contribution in [3.63, 3.8) is 0 Å². The Bertz CT molecular complexity index is 214. The van der Waals surface area contributed by atoms with Crippen LogP contribution in [0.5, 0.6) is 0 Å². The molecular formula is C3H4ClN3S. The van der Waals surface area contributed by atoms with Crippen molar-refractivity contribution in [2.75, 3.05) is 0 Å². The molecule has 0 saturated carbocycles. The molecule has 0 radical (unpaired) electrons. The van der Waals surface area contributed by atoms with E-state index in [0.717, 1.165) is 0 Å². The molecule has 1 heterocycles. The summed E-state index contributed by atoms with van der Waals surface area (Å²) in [4.78, 5) is 3.73. The quantitative estimate of drug-likeness (QED) is 0.480. The number of nitrogens with one attached hydrogen (secondary N) is 1. The normalized spacial score (nSPS) is 9.62. The molecule has 0 bridgehead atoms. The van der Waals surface area contributed by atoms with Crippen molar-refractivity contribution in [1.29, 1.82) is 0 Å². The second-order valence-corrected chi connectivity index (χ2v) is 1.82. The first-order valence-electron chi connectivity index (χ1n) is 2.01. The van der Waals surface area contributed by atoms with Gasteiger partial charge in [0.05, 0.1) is 0 Å². The van der Waals surface area contributed by atoms with Gasteiger partial charge in [-0.3, -0.25) is 5.10 Å². The molecule has 0 aliphatic rings. The van der Waals surface area contributed by atoms with E-state index in [1.165, 1.54) is 6.33 Å². The van der Waals surface area contributed by atoms with Crippen LogP contribution in [0.2, 0.25) is 0 Å². The average molecular weight is 150 g/mol.